The van der Waals surface area contributed by atoms with Crippen molar-refractivity contribution in [2.45, 2.75) is 32.6 Å². The summed E-state index contributed by atoms with van der Waals surface area (Å²) >= 11 is 5.99. The minimum Gasteiger partial charge on any atom is -0.437 e. The van der Waals surface area contributed by atoms with Crippen LogP contribution in [0.5, 0.6) is 11.6 Å². The molecular formula is C15H18ClN3O. The molecule has 0 saturated heterocycles. The van der Waals surface area contributed by atoms with Crippen LogP contribution in [0.15, 0.2) is 30.6 Å². The molecule has 2 aromatic rings. The van der Waals surface area contributed by atoms with E-state index in [0.29, 0.717) is 5.75 Å². The maximum atomic E-state index is 5.99. The Morgan fingerprint density at radius 3 is 2.45 bits per heavy atom. The van der Waals surface area contributed by atoms with Crippen LogP contribution in [0.4, 0.5) is 5.82 Å². The van der Waals surface area contributed by atoms with Crippen molar-refractivity contribution >= 4 is 17.4 Å². The molecule has 0 aliphatic carbocycles. The van der Waals surface area contributed by atoms with Gasteiger partial charge in [-0.2, -0.15) is 4.98 Å². The van der Waals surface area contributed by atoms with Crippen molar-refractivity contribution in [2.75, 3.05) is 5.73 Å². The van der Waals surface area contributed by atoms with Crippen LogP contribution in [0.1, 0.15) is 32.8 Å². The van der Waals surface area contributed by atoms with Crippen LogP contribution >= 0.6 is 11.6 Å². The molecule has 0 amide bonds. The number of aromatic nitrogens is 2. The van der Waals surface area contributed by atoms with Crippen molar-refractivity contribution in [1.82, 2.24) is 9.97 Å². The van der Waals surface area contributed by atoms with E-state index in [1.807, 2.05) is 12.1 Å². The topological polar surface area (TPSA) is 61.0 Å². The zero-order chi connectivity index (χ0) is 14.8. The Bertz CT molecular complexity index is 597. The molecule has 4 nitrogen and oxygen atoms in total. The molecule has 0 atom stereocenters. The molecule has 0 spiro atoms. The molecule has 2 N–H and O–H groups in total. The van der Waals surface area contributed by atoms with E-state index in [9.17, 15) is 0 Å². The number of nitrogens with two attached hydrogens (primary N) is 1. The third kappa shape index (κ3) is 3.02. The lowest BCUT2D eigenvalue weighted by molar-refractivity contribution is 0.460. The number of hydrogen-bond donors (Lipinski definition) is 1. The predicted molar refractivity (Wildman–Crippen MR) is 81.3 cm³/mol. The SMILES string of the molecule is CCC(C)(C)c1ccc(Oc2ncnc(N)c2Cl)cc1. The minimum atomic E-state index is 0.148. The Balaban J connectivity index is 2.21. The van der Waals surface area contributed by atoms with Crippen LogP contribution < -0.4 is 10.5 Å². The van der Waals surface area contributed by atoms with Crippen molar-refractivity contribution in [3.05, 3.63) is 41.2 Å². The summed E-state index contributed by atoms with van der Waals surface area (Å²) in [5, 5.41) is 0.227. The van der Waals surface area contributed by atoms with Gasteiger partial charge >= 0.3 is 0 Å². The van der Waals surface area contributed by atoms with E-state index in [4.69, 9.17) is 22.1 Å². The maximum absolute atomic E-state index is 5.99. The van der Waals surface area contributed by atoms with Gasteiger partial charge in [0.2, 0.25) is 5.88 Å². The van der Waals surface area contributed by atoms with Gasteiger partial charge in [0.1, 0.15) is 22.9 Å². The van der Waals surface area contributed by atoms with Crippen molar-refractivity contribution in [3.63, 3.8) is 0 Å². The second-order valence-electron chi connectivity index (χ2n) is 5.24. The summed E-state index contributed by atoms with van der Waals surface area (Å²) in [6.45, 7) is 6.60. The summed E-state index contributed by atoms with van der Waals surface area (Å²) in [6.07, 6.45) is 2.40. The Morgan fingerprint density at radius 1 is 1.20 bits per heavy atom. The number of ether oxygens (including phenoxy) is 1. The zero-order valence-corrected chi connectivity index (χ0v) is 12.6. The first-order chi connectivity index (χ1) is 9.44. The molecule has 0 radical (unpaired) electrons. The molecule has 1 aromatic carbocycles. The second-order valence-corrected chi connectivity index (χ2v) is 5.62. The second kappa shape index (κ2) is 5.67. The molecule has 0 saturated carbocycles. The predicted octanol–water partition coefficient (Wildman–Crippen LogP) is 4.19. The third-order valence-corrected chi connectivity index (χ3v) is 3.87. The molecule has 0 unspecified atom stereocenters. The lowest BCUT2D eigenvalue weighted by Gasteiger charge is -2.23. The van der Waals surface area contributed by atoms with E-state index in [2.05, 4.69) is 42.9 Å². The Labute approximate surface area is 124 Å². The van der Waals surface area contributed by atoms with Gasteiger partial charge in [-0.05, 0) is 29.5 Å². The van der Waals surface area contributed by atoms with E-state index in [1.54, 1.807) is 0 Å². The molecule has 0 aliphatic heterocycles. The first-order valence-corrected chi connectivity index (χ1v) is 6.86. The van der Waals surface area contributed by atoms with Gasteiger partial charge in [0.15, 0.2) is 0 Å². The molecular weight excluding hydrogens is 274 g/mol. The molecule has 0 aliphatic rings. The van der Waals surface area contributed by atoms with Gasteiger partial charge < -0.3 is 10.5 Å². The average Bonchev–Trinajstić information content (AvgIpc) is 2.44. The standard InChI is InChI=1S/C15H18ClN3O/c1-4-15(2,3)10-5-7-11(8-6-10)20-14-12(16)13(17)18-9-19-14/h5-9H,4H2,1-3H3,(H2,17,18,19). The van der Waals surface area contributed by atoms with Gasteiger partial charge in [0, 0.05) is 0 Å². The normalized spacial score (nSPS) is 11.4. The Hall–Kier alpha value is -1.81. The molecule has 20 heavy (non-hydrogen) atoms. The Morgan fingerprint density at radius 2 is 1.85 bits per heavy atom. The molecule has 0 bridgehead atoms. The fraction of sp³-hybridized carbons (Fsp3) is 0.333. The van der Waals surface area contributed by atoms with E-state index in [-0.39, 0.29) is 22.1 Å². The van der Waals surface area contributed by atoms with E-state index < -0.39 is 0 Å². The quantitative estimate of drug-likeness (QED) is 0.917. The molecule has 1 aromatic heterocycles. The lowest BCUT2D eigenvalue weighted by Crippen LogP contribution is -2.14. The van der Waals surface area contributed by atoms with Crippen molar-refractivity contribution in [2.24, 2.45) is 0 Å². The van der Waals surface area contributed by atoms with Gasteiger partial charge in [-0.25, -0.2) is 4.98 Å². The fourth-order valence-electron chi connectivity index (χ4n) is 1.73. The summed E-state index contributed by atoms with van der Waals surface area (Å²) in [7, 11) is 0. The highest BCUT2D eigenvalue weighted by Crippen LogP contribution is 2.32. The average molecular weight is 292 g/mol. The number of nitrogens with zero attached hydrogens (tertiary/aromatic N) is 2. The first-order valence-electron chi connectivity index (χ1n) is 6.48. The smallest absolute Gasteiger partial charge is 0.243 e. The number of rotatable bonds is 4. The summed E-state index contributed by atoms with van der Waals surface area (Å²) in [6, 6.07) is 7.91. The largest absolute Gasteiger partial charge is 0.437 e. The minimum absolute atomic E-state index is 0.148. The monoisotopic (exact) mass is 291 g/mol. The summed E-state index contributed by atoms with van der Waals surface area (Å²) in [5.74, 6) is 1.14. The van der Waals surface area contributed by atoms with Crippen LogP contribution in [-0.4, -0.2) is 9.97 Å². The van der Waals surface area contributed by atoms with Crippen molar-refractivity contribution in [3.8, 4) is 11.6 Å². The maximum Gasteiger partial charge on any atom is 0.243 e. The number of nitrogen functional groups attached to an aromatic ring is 1. The van der Waals surface area contributed by atoms with Crippen molar-refractivity contribution < 1.29 is 4.74 Å². The first kappa shape index (κ1) is 14.6. The van der Waals surface area contributed by atoms with E-state index >= 15 is 0 Å². The van der Waals surface area contributed by atoms with Gasteiger partial charge in [-0.15, -0.1) is 0 Å². The van der Waals surface area contributed by atoms with Crippen LogP contribution in [0.3, 0.4) is 0 Å². The van der Waals surface area contributed by atoms with Gasteiger partial charge in [0.05, 0.1) is 0 Å². The lowest BCUT2D eigenvalue weighted by atomic mass is 9.82. The highest BCUT2D eigenvalue weighted by atomic mass is 35.5. The van der Waals surface area contributed by atoms with Crippen LogP contribution in [0.25, 0.3) is 0 Å². The van der Waals surface area contributed by atoms with Gasteiger partial charge in [-0.3, -0.25) is 0 Å². The fourth-order valence-corrected chi connectivity index (χ4v) is 1.86. The van der Waals surface area contributed by atoms with Gasteiger partial charge in [0.25, 0.3) is 0 Å². The third-order valence-electron chi connectivity index (χ3n) is 3.52. The number of hydrogen-bond acceptors (Lipinski definition) is 4. The van der Waals surface area contributed by atoms with E-state index in [1.165, 1.54) is 11.9 Å². The summed E-state index contributed by atoms with van der Waals surface area (Å²) in [5.41, 5.74) is 7.02. The van der Waals surface area contributed by atoms with Crippen LogP contribution in [-0.2, 0) is 5.41 Å². The summed E-state index contributed by atoms with van der Waals surface area (Å²) in [4.78, 5) is 7.77. The molecule has 0 fully saturated rings. The number of anilines is 1. The Kier molecular flexibility index (Phi) is 4.14. The van der Waals surface area contributed by atoms with Crippen LogP contribution in [0, 0.1) is 0 Å². The number of benzene rings is 1. The molecule has 5 heteroatoms. The molecule has 2 rings (SSSR count). The molecule has 106 valence electrons. The highest BCUT2D eigenvalue weighted by Gasteiger charge is 2.18. The zero-order valence-electron chi connectivity index (χ0n) is 11.9. The molecule has 1 heterocycles. The highest BCUT2D eigenvalue weighted by molar-refractivity contribution is 6.34. The number of halogens is 1. The van der Waals surface area contributed by atoms with E-state index in [0.717, 1.165) is 6.42 Å². The van der Waals surface area contributed by atoms with Crippen molar-refractivity contribution in [1.29, 1.82) is 0 Å². The van der Waals surface area contributed by atoms with Crippen LogP contribution in [0.2, 0.25) is 5.02 Å². The van der Waals surface area contributed by atoms with Gasteiger partial charge in [-0.1, -0.05) is 44.5 Å². The summed E-state index contributed by atoms with van der Waals surface area (Å²) < 4.78 is 5.63.